The van der Waals surface area contributed by atoms with Gasteiger partial charge in [0.05, 0.1) is 24.7 Å². The van der Waals surface area contributed by atoms with E-state index in [1.165, 1.54) is 21.7 Å². The summed E-state index contributed by atoms with van der Waals surface area (Å²) in [4.78, 5) is 13.1. The van der Waals surface area contributed by atoms with Gasteiger partial charge >= 0.3 is 0 Å². The van der Waals surface area contributed by atoms with Gasteiger partial charge in [0.25, 0.3) is 5.91 Å². The number of amides is 1. The molecule has 1 amide bonds. The normalized spacial score (nSPS) is 15.5. The van der Waals surface area contributed by atoms with Gasteiger partial charge in [0.15, 0.2) is 0 Å². The molecule has 1 aromatic heterocycles. The fourth-order valence-corrected chi connectivity index (χ4v) is 5.17. The van der Waals surface area contributed by atoms with Gasteiger partial charge in [-0.15, -0.1) is 11.3 Å². The molecule has 0 bridgehead atoms. The molecule has 1 aliphatic rings. The number of nitrogens with one attached hydrogen (secondary N) is 1. The zero-order valence-corrected chi connectivity index (χ0v) is 16.9. The van der Waals surface area contributed by atoms with Gasteiger partial charge in [0.1, 0.15) is 10.6 Å². The van der Waals surface area contributed by atoms with E-state index in [1.807, 2.05) is 18.4 Å². The summed E-state index contributed by atoms with van der Waals surface area (Å²) in [5.74, 6) is 0.00988. The minimum atomic E-state index is -3.76. The average Bonchev–Trinajstić information content (AvgIpc) is 3.10. The molecule has 0 atom stereocenters. The van der Waals surface area contributed by atoms with Crippen LogP contribution in [0.1, 0.15) is 22.2 Å². The highest BCUT2D eigenvalue weighted by Crippen LogP contribution is 2.31. The summed E-state index contributed by atoms with van der Waals surface area (Å²) in [7, 11) is -3.76. The van der Waals surface area contributed by atoms with Crippen molar-refractivity contribution >= 4 is 33.0 Å². The molecular weight excluding hydrogens is 388 g/mol. The third-order valence-electron chi connectivity index (χ3n) is 4.16. The van der Waals surface area contributed by atoms with Crippen molar-refractivity contribution < 1.29 is 22.7 Å². The van der Waals surface area contributed by atoms with E-state index < -0.39 is 10.0 Å². The molecule has 0 saturated carbocycles. The van der Waals surface area contributed by atoms with Crippen LogP contribution in [0, 0.1) is 6.92 Å². The number of nitrogens with zero attached hydrogens (tertiary/aromatic N) is 1. The van der Waals surface area contributed by atoms with Gasteiger partial charge in [0.2, 0.25) is 10.0 Å². The maximum absolute atomic E-state index is 13.1. The van der Waals surface area contributed by atoms with Crippen LogP contribution in [0.15, 0.2) is 34.5 Å². The van der Waals surface area contributed by atoms with E-state index in [-0.39, 0.29) is 16.6 Å². The molecule has 1 N–H and O–H groups in total. The van der Waals surface area contributed by atoms with Crippen LogP contribution in [0.2, 0.25) is 0 Å². The zero-order chi connectivity index (χ0) is 19.4. The lowest BCUT2D eigenvalue weighted by Crippen LogP contribution is -2.40. The van der Waals surface area contributed by atoms with Crippen molar-refractivity contribution in [2.45, 2.75) is 18.7 Å². The number of morpholine rings is 1. The van der Waals surface area contributed by atoms with Gasteiger partial charge in [-0.2, -0.15) is 4.31 Å². The highest BCUT2D eigenvalue weighted by molar-refractivity contribution is 7.89. The Morgan fingerprint density at radius 3 is 2.67 bits per heavy atom. The molecule has 27 heavy (non-hydrogen) atoms. The van der Waals surface area contributed by atoms with Crippen LogP contribution in [0.3, 0.4) is 0 Å². The highest BCUT2D eigenvalue weighted by atomic mass is 32.2. The first-order valence-electron chi connectivity index (χ1n) is 8.63. The van der Waals surface area contributed by atoms with Gasteiger partial charge in [-0.25, -0.2) is 8.42 Å². The molecule has 146 valence electrons. The SMILES string of the molecule is CCOc1ccc(NC(=O)c2sccc2C)cc1S(=O)(=O)N1CCOCC1. The summed E-state index contributed by atoms with van der Waals surface area (Å²) in [6.45, 7) is 5.29. The molecule has 2 aromatic rings. The molecule has 1 aliphatic heterocycles. The predicted molar refractivity (Wildman–Crippen MR) is 104 cm³/mol. The van der Waals surface area contributed by atoms with Crippen LogP contribution in [0.4, 0.5) is 5.69 Å². The Kier molecular flexibility index (Phi) is 6.15. The van der Waals surface area contributed by atoms with Crippen LogP contribution in [0.5, 0.6) is 5.75 Å². The number of sulfonamides is 1. The lowest BCUT2D eigenvalue weighted by molar-refractivity contribution is 0.0729. The van der Waals surface area contributed by atoms with E-state index in [9.17, 15) is 13.2 Å². The zero-order valence-electron chi connectivity index (χ0n) is 15.2. The summed E-state index contributed by atoms with van der Waals surface area (Å²) in [5.41, 5.74) is 1.28. The van der Waals surface area contributed by atoms with Crippen molar-refractivity contribution in [3.05, 3.63) is 40.1 Å². The summed E-state index contributed by atoms with van der Waals surface area (Å²) in [6.07, 6.45) is 0. The third-order valence-corrected chi connectivity index (χ3v) is 7.09. The molecule has 0 spiro atoms. The van der Waals surface area contributed by atoms with Gasteiger partial charge < -0.3 is 14.8 Å². The van der Waals surface area contributed by atoms with E-state index >= 15 is 0 Å². The molecule has 1 aromatic carbocycles. The van der Waals surface area contributed by atoms with Crippen LogP contribution < -0.4 is 10.1 Å². The summed E-state index contributed by atoms with van der Waals surface area (Å²) in [5, 5.41) is 4.62. The summed E-state index contributed by atoms with van der Waals surface area (Å²) >= 11 is 1.34. The highest BCUT2D eigenvalue weighted by Gasteiger charge is 2.30. The minimum Gasteiger partial charge on any atom is -0.492 e. The number of carbonyl (C=O) groups is 1. The maximum Gasteiger partial charge on any atom is 0.265 e. The quantitative estimate of drug-likeness (QED) is 0.792. The third kappa shape index (κ3) is 4.32. The minimum absolute atomic E-state index is 0.0481. The fraction of sp³-hybridized carbons (Fsp3) is 0.389. The lowest BCUT2D eigenvalue weighted by atomic mass is 10.2. The average molecular weight is 411 g/mol. The van der Waals surface area contributed by atoms with Crippen LogP contribution in [0.25, 0.3) is 0 Å². The van der Waals surface area contributed by atoms with Crippen molar-refractivity contribution in [2.24, 2.45) is 0 Å². The number of ether oxygens (including phenoxy) is 2. The largest absolute Gasteiger partial charge is 0.492 e. The van der Waals surface area contributed by atoms with Gasteiger partial charge in [-0.1, -0.05) is 0 Å². The van der Waals surface area contributed by atoms with Crippen molar-refractivity contribution in [3.8, 4) is 5.75 Å². The number of hydrogen-bond acceptors (Lipinski definition) is 6. The standard InChI is InChI=1S/C18H22N2O5S2/c1-3-25-15-5-4-14(19-18(21)17-13(2)6-11-26-17)12-16(15)27(22,23)20-7-9-24-10-8-20/h4-6,11-12H,3,7-10H2,1-2H3,(H,19,21). The number of benzene rings is 1. The first-order valence-corrected chi connectivity index (χ1v) is 11.0. The molecule has 1 saturated heterocycles. The number of rotatable bonds is 6. The second-order valence-corrected chi connectivity index (χ2v) is 8.82. The van der Waals surface area contributed by atoms with E-state index in [2.05, 4.69) is 5.32 Å². The topological polar surface area (TPSA) is 84.9 Å². The number of carbonyl (C=O) groups excluding carboxylic acids is 1. The molecule has 0 unspecified atom stereocenters. The molecule has 0 radical (unpaired) electrons. The summed E-state index contributed by atoms with van der Waals surface area (Å²) in [6, 6.07) is 6.54. The van der Waals surface area contributed by atoms with Crippen molar-refractivity contribution in [3.63, 3.8) is 0 Å². The van der Waals surface area contributed by atoms with E-state index in [4.69, 9.17) is 9.47 Å². The van der Waals surface area contributed by atoms with Crippen LogP contribution in [-0.4, -0.2) is 51.5 Å². The Morgan fingerprint density at radius 2 is 2.04 bits per heavy atom. The Hall–Kier alpha value is -1.94. The van der Waals surface area contributed by atoms with Gasteiger partial charge in [0, 0.05) is 18.8 Å². The Balaban J connectivity index is 1.93. The predicted octanol–water partition coefficient (Wildman–Crippen LogP) is 2.73. The molecular formula is C18H22N2O5S2. The molecule has 3 rings (SSSR count). The number of anilines is 1. The number of hydrogen-bond donors (Lipinski definition) is 1. The molecule has 7 nitrogen and oxygen atoms in total. The second-order valence-electron chi connectivity index (χ2n) is 6.00. The molecule has 9 heteroatoms. The Morgan fingerprint density at radius 1 is 1.30 bits per heavy atom. The van der Waals surface area contributed by atoms with Gasteiger partial charge in [-0.3, -0.25) is 4.79 Å². The smallest absolute Gasteiger partial charge is 0.265 e. The van der Waals surface area contributed by atoms with Crippen molar-refractivity contribution in [2.75, 3.05) is 38.2 Å². The van der Waals surface area contributed by atoms with E-state index in [0.29, 0.717) is 43.5 Å². The maximum atomic E-state index is 13.1. The van der Waals surface area contributed by atoms with E-state index in [0.717, 1.165) is 5.56 Å². The van der Waals surface area contributed by atoms with Crippen molar-refractivity contribution in [1.82, 2.24) is 4.31 Å². The number of thiophene rings is 1. The number of aryl methyl sites for hydroxylation is 1. The van der Waals surface area contributed by atoms with Crippen LogP contribution >= 0.6 is 11.3 Å². The van der Waals surface area contributed by atoms with Crippen molar-refractivity contribution in [1.29, 1.82) is 0 Å². The molecule has 1 fully saturated rings. The van der Waals surface area contributed by atoms with Crippen LogP contribution in [-0.2, 0) is 14.8 Å². The fourth-order valence-electron chi connectivity index (χ4n) is 2.78. The molecule has 0 aliphatic carbocycles. The van der Waals surface area contributed by atoms with E-state index in [1.54, 1.807) is 19.1 Å². The monoisotopic (exact) mass is 410 g/mol. The Bertz CT molecular complexity index is 918. The lowest BCUT2D eigenvalue weighted by Gasteiger charge is -2.27. The van der Waals surface area contributed by atoms with Gasteiger partial charge in [-0.05, 0) is 49.1 Å². The molecule has 2 heterocycles. The first-order chi connectivity index (χ1) is 12.9. The Labute approximate surface area is 163 Å². The second kappa shape index (κ2) is 8.39. The first kappa shape index (κ1) is 19.8. The summed E-state index contributed by atoms with van der Waals surface area (Å²) < 4.78 is 38.3.